The van der Waals surface area contributed by atoms with E-state index in [1.54, 1.807) is 12.3 Å². The number of halogens is 4. The van der Waals surface area contributed by atoms with Crippen molar-refractivity contribution in [2.75, 3.05) is 6.54 Å². The van der Waals surface area contributed by atoms with E-state index in [1.165, 1.54) is 16.9 Å². The molecule has 0 aliphatic carbocycles. The Morgan fingerprint density at radius 2 is 2.05 bits per heavy atom. The molecule has 1 heterocycles. The number of nitrogens with zero attached hydrogens (tertiary/aromatic N) is 2. The summed E-state index contributed by atoms with van der Waals surface area (Å²) in [6.45, 7) is 0.316. The average molecular weight is 381 g/mol. The molecule has 3 nitrogen and oxygen atoms in total. The van der Waals surface area contributed by atoms with E-state index in [9.17, 15) is 13.2 Å². The second kappa shape index (κ2) is 5.49. The van der Waals surface area contributed by atoms with Gasteiger partial charge in [0, 0.05) is 6.20 Å². The Balaban J connectivity index is 2.54. The number of benzene rings is 1. The highest BCUT2D eigenvalue weighted by molar-refractivity contribution is 14.1. The summed E-state index contributed by atoms with van der Waals surface area (Å²) in [7, 11) is 0. The molecule has 0 unspecified atom stereocenters. The number of aromatic nitrogens is 2. The minimum Gasteiger partial charge on any atom is -0.330 e. The fraction of sp³-hybridized carbons (Fsp3) is 0.250. The number of nitrogens with two attached hydrogens (primary N) is 1. The van der Waals surface area contributed by atoms with Crippen molar-refractivity contribution >= 4 is 22.6 Å². The van der Waals surface area contributed by atoms with Gasteiger partial charge in [-0.2, -0.15) is 18.3 Å². The summed E-state index contributed by atoms with van der Waals surface area (Å²) in [5, 5.41) is 3.92. The Labute approximate surface area is 121 Å². The molecule has 0 bridgehead atoms. The summed E-state index contributed by atoms with van der Waals surface area (Å²) in [5.41, 5.74) is 5.27. The Kier molecular flexibility index (Phi) is 4.14. The first-order chi connectivity index (χ1) is 8.91. The number of rotatable bonds is 3. The van der Waals surface area contributed by atoms with E-state index in [-0.39, 0.29) is 5.69 Å². The Morgan fingerprint density at radius 1 is 1.32 bits per heavy atom. The van der Waals surface area contributed by atoms with Gasteiger partial charge >= 0.3 is 6.18 Å². The predicted molar refractivity (Wildman–Crippen MR) is 74.0 cm³/mol. The highest BCUT2D eigenvalue weighted by Crippen LogP contribution is 2.34. The van der Waals surface area contributed by atoms with Gasteiger partial charge in [-0.1, -0.05) is 6.07 Å². The first kappa shape index (κ1) is 14.3. The van der Waals surface area contributed by atoms with Crippen LogP contribution in [-0.4, -0.2) is 16.3 Å². The number of hydrogen-bond donors (Lipinski definition) is 1. The first-order valence-corrected chi connectivity index (χ1v) is 6.60. The van der Waals surface area contributed by atoms with Gasteiger partial charge in [0.25, 0.3) is 0 Å². The Bertz CT molecular complexity index is 578. The summed E-state index contributed by atoms with van der Waals surface area (Å²) in [5.74, 6) is 0. The van der Waals surface area contributed by atoms with Crippen LogP contribution in [-0.2, 0) is 12.6 Å². The minimum atomic E-state index is -4.42. The van der Waals surface area contributed by atoms with Gasteiger partial charge in [0.2, 0.25) is 0 Å². The lowest BCUT2D eigenvalue weighted by atomic mass is 10.1. The molecule has 0 spiro atoms. The molecule has 2 N–H and O–H groups in total. The maximum Gasteiger partial charge on any atom is 0.418 e. The molecule has 0 aliphatic rings. The second-order valence-corrected chi connectivity index (χ2v) is 5.24. The van der Waals surface area contributed by atoms with Gasteiger partial charge in [0.05, 0.1) is 21.0 Å². The smallest absolute Gasteiger partial charge is 0.330 e. The topological polar surface area (TPSA) is 43.8 Å². The first-order valence-electron chi connectivity index (χ1n) is 5.52. The molecule has 0 radical (unpaired) electrons. The lowest BCUT2D eigenvalue weighted by molar-refractivity contribution is -0.137. The molecule has 102 valence electrons. The maximum atomic E-state index is 13.1. The van der Waals surface area contributed by atoms with Crippen LogP contribution in [0.4, 0.5) is 13.2 Å². The van der Waals surface area contributed by atoms with Crippen LogP contribution in [0.3, 0.4) is 0 Å². The van der Waals surface area contributed by atoms with Gasteiger partial charge in [-0.05, 0) is 53.3 Å². The van der Waals surface area contributed by atoms with Crippen molar-refractivity contribution in [2.24, 2.45) is 5.73 Å². The quantitative estimate of drug-likeness (QED) is 0.831. The van der Waals surface area contributed by atoms with Gasteiger partial charge in [0.15, 0.2) is 0 Å². The molecular formula is C12H11F3IN3. The van der Waals surface area contributed by atoms with Crippen LogP contribution in [0, 0.1) is 3.57 Å². The van der Waals surface area contributed by atoms with Crippen LogP contribution >= 0.6 is 22.6 Å². The molecule has 0 fully saturated rings. The molecule has 1 aromatic carbocycles. The van der Waals surface area contributed by atoms with E-state index in [0.29, 0.717) is 18.5 Å². The fourth-order valence-corrected chi connectivity index (χ4v) is 2.15. The largest absolute Gasteiger partial charge is 0.418 e. The Hall–Kier alpha value is -1.09. The van der Waals surface area contributed by atoms with Crippen molar-refractivity contribution < 1.29 is 13.2 Å². The molecule has 0 aliphatic heterocycles. The lowest BCUT2D eigenvalue weighted by Crippen LogP contribution is -2.13. The molecule has 0 saturated carbocycles. The van der Waals surface area contributed by atoms with Crippen molar-refractivity contribution in [2.45, 2.75) is 12.6 Å². The third-order valence-corrected chi connectivity index (χ3v) is 3.15. The van der Waals surface area contributed by atoms with Crippen molar-refractivity contribution in [3.63, 3.8) is 0 Å². The molecule has 2 rings (SSSR count). The molecule has 7 heteroatoms. The molecule has 1 aromatic heterocycles. The van der Waals surface area contributed by atoms with E-state index in [2.05, 4.69) is 5.10 Å². The normalized spacial score (nSPS) is 11.8. The maximum absolute atomic E-state index is 13.1. The van der Waals surface area contributed by atoms with Crippen molar-refractivity contribution in [1.82, 2.24) is 9.78 Å². The SMILES string of the molecule is NCCc1ccc(-n2cc(I)cn2)c(C(F)(F)F)c1. The van der Waals surface area contributed by atoms with Gasteiger partial charge in [-0.15, -0.1) is 0 Å². The van der Waals surface area contributed by atoms with Gasteiger partial charge in [-0.3, -0.25) is 0 Å². The Morgan fingerprint density at radius 3 is 2.58 bits per heavy atom. The molecule has 0 atom stereocenters. The monoisotopic (exact) mass is 381 g/mol. The van der Waals surface area contributed by atoms with Crippen molar-refractivity contribution in [3.05, 3.63) is 45.3 Å². The summed E-state index contributed by atoms with van der Waals surface area (Å²) < 4.78 is 41.3. The van der Waals surface area contributed by atoms with Crippen LogP contribution in [0.1, 0.15) is 11.1 Å². The summed E-state index contributed by atoms with van der Waals surface area (Å²) in [6, 6.07) is 4.21. The van der Waals surface area contributed by atoms with Crippen molar-refractivity contribution in [1.29, 1.82) is 0 Å². The zero-order chi connectivity index (χ0) is 14.0. The number of alkyl halides is 3. The minimum absolute atomic E-state index is 0.0242. The van der Waals surface area contributed by atoms with Crippen LogP contribution < -0.4 is 5.73 Å². The van der Waals surface area contributed by atoms with Crippen LogP contribution in [0.2, 0.25) is 0 Å². The van der Waals surface area contributed by atoms with Gasteiger partial charge in [-0.25, -0.2) is 4.68 Å². The molecular weight excluding hydrogens is 370 g/mol. The predicted octanol–water partition coefficient (Wildman–Crippen LogP) is 3.00. The number of hydrogen-bond acceptors (Lipinski definition) is 2. The zero-order valence-electron chi connectivity index (χ0n) is 9.78. The van der Waals surface area contributed by atoms with E-state index in [1.807, 2.05) is 22.6 Å². The zero-order valence-corrected chi connectivity index (χ0v) is 11.9. The van der Waals surface area contributed by atoms with E-state index < -0.39 is 11.7 Å². The second-order valence-electron chi connectivity index (χ2n) is 3.99. The third-order valence-electron chi connectivity index (χ3n) is 2.60. The summed E-state index contributed by atoms with van der Waals surface area (Å²) in [4.78, 5) is 0. The average Bonchev–Trinajstić information content (AvgIpc) is 2.75. The highest BCUT2D eigenvalue weighted by atomic mass is 127. The van der Waals surface area contributed by atoms with E-state index in [4.69, 9.17) is 5.73 Å². The lowest BCUT2D eigenvalue weighted by Gasteiger charge is -2.14. The highest BCUT2D eigenvalue weighted by Gasteiger charge is 2.34. The summed E-state index contributed by atoms with van der Waals surface area (Å²) in [6.07, 6.45) is -0.945. The van der Waals surface area contributed by atoms with Crippen LogP contribution in [0.15, 0.2) is 30.6 Å². The molecule has 2 aromatic rings. The standard InChI is InChI=1S/C12H11F3IN3/c13-12(14,15)10-5-8(3-4-17)1-2-11(10)19-7-9(16)6-18-19/h1-2,5-7H,3-4,17H2. The molecule has 19 heavy (non-hydrogen) atoms. The fourth-order valence-electron chi connectivity index (χ4n) is 1.76. The van der Waals surface area contributed by atoms with Gasteiger partial charge < -0.3 is 5.73 Å². The summed E-state index contributed by atoms with van der Waals surface area (Å²) >= 11 is 2.00. The van der Waals surface area contributed by atoms with E-state index >= 15 is 0 Å². The van der Waals surface area contributed by atoms with Gasteiger partial charge in [0.1, 0.15) is 0 Å². The molecule has 0 amide bonds. The van der Waals surface area contributed by atoms with E-state index in [0.717, 1.165) is 9.64 Å². The van der Waals surface area contributed by atoms with Crippen molar-refractivity contribution in [3.8, 4) is 5.69 Å². The van der Waals surface area contributed by atoms with Crippen LogP contribution in [0.5, 0.6) is 0 Å². The molecule has 0 saturated heterocycles. The van der Waals surface area contributed by atoms with Crippen LogP contribution in [0.25, 0.3) is 5.69 Å². The third kappa shape index (κ3) is 3.27.